The van der Waals surface area contributed by atoms with Gasteiger partial charge in [0.2, 0.25) is 0 Å². The van der Waals surface area contributed by atoms with Gasteiger partial charge in [0.15, 0.2) is 0 Å². The highest BCUT2D eigenvalue weighted by Gasteiger charge is 2.20. The van der Waals surface area contributed by atoms with Crippen LogP contribution in [0, 0.1) is 0 Å². The van der Waals surface area contributed by atoms with Gasteiger partial charge < -0.3 is 14.9 Å². The maximum atomic E-state index is 9.65. The van der Waals surface area contributed by atoms with E-state index in [0.717, 1.165) is 24.2 Å². The molecule has 0 heterocycles. The number of ether oxygens (including phenoxy) is 1. The van der Waals surface area contributed by atoms with Gasteiger partial charge in [-0.15, -0.1) is 0 Å². The molecule has 0 saturated carbocycles. The van der Waals surface area contributed by atoms with Crippen LogP contribution < -0.4 is 4.74 Å². The minimum absolute atomic E-state index is 0.304. The fraction of sp³-hybridized carbons (Fsp3) is 0.538. The van der Waals surface area contributed by atoms with Gasteiger partial charge in [-0.1, -0.05) is 6.07 Å². The minimum Gasteiger partial charge on any atom is -0.493 e. The van der Waals surface area contributed by atoms with E-state index in [0.29, 0.717) is 13.0 Å². The van der Waals surface area contributed by atoms with Crippen LogP contribution in [0.15, 0.2) is 18.2 Å². The third-order valence-corrected chi connectivity index (χ3v) is 2.96. The maximum Gasteiger partial charge on any atom is 0.119 e. The van der Waals surface area contributed by atoms with Crippen LogP contribution in [0.4, 0.5) is 0 Å². The summed E-state index contributed by atoms with van der Waals surface area (Å²) < 4.78 is 5.54. The minimum atomic E-state index is -0.323. The Labute approximate surface area is 95.7 Å². The summed E-state index contributed by atoms with van der Waals surface area (Å²) in [4.78, 5) is 0. The summed E-state index contributed by atoms with van der Waals surface area (Å²) in [5, 5.41) is 18.8. The van der Waals surface area contributed by atoms with Crippen LogP contribution in [0.1, 0.15) is 37.0 Å². The number of aliphatic hydroxyl groups excluding tert-OH is 2. The molecule has 2 N–H and O–H groups in total. The fourth-order valence-corrected chi connectivity index (χ4v) is 2.01. The molecule has 0 aliphatic heterocycles. The smallest absolute Gasteiger partial charge is 0.119 e. The van der Waals surface area contributed by atoms with E-state index < -0.39 is 0 Å². The van der Waals surface area contributed by atoms with Gasteiger partial charge in [0, 0.05) is 6.42 Å². The van der Waals surface area contributed by atoms with Crippen molar-refractivity contribution in [1.29, 1.82) is 0 Å². The highest BCUT2D eigenvalue weighted by molar-refractivity contribution is 5.39. The monoisotopic (exact) mass is 222 g/mol. The topological polar surface area (TPSA) is 49.7 Å². The van der Waals surface area contributed by atoms with Crippen LogP contribution in [0.5, 0.6) is 5.75 Å². The summed E-state index contributed by atoms with van der Waals surface area (Å²) in [6.45, 7) is 2.28. The molecule has 2 rings (SSSR count). The van der Waals surface area contributed by atoms with E-state index in [2.05, 4.69) is 0 Å². The molecule has 16 heavy (non-hydrogen) atoms. The van der Waals surface area contributed by atoms with E-state index in [1.54, 1.807) is 6.92 Å². The lowest BCUT2D eigenvalue weighted by Crippen LogP contribution is -2.07. The molecule has 0 aromatic heterocycles. The van der Waals surface area contributed by atoms with Crippen LogP contribution in [0.25, 0.3) is 0 Å². The van der Waals surface area contributed by atoms with Crippen LogP contribution >= 0.6 is 0 Å². The Bertz CT molecular complexity index is 360. The number of benzene rings is 1. The van der Waals surface area contributed by atoms with Crippen LogP contribution in [-0.4, -0.2) is 22.9 Å². The number of hydrogen-bond acceptors (Lipinski definition) is 3. The highest BCUT2D eigenvalue weighted by atomic mass is 16.5. The second-order valence-corrected chi connectivity index (χ2v) is 4.40. The molecule has 0 saturated heterocycles. The summed E-state index contributed by atoms with van der Waals surface area (Å²) >= 11 is 0. The van der Waals surface area contributed by atoms with Crippen LogP contribution in [-0.2, 0) is 6.42 Å². The predicted octanol–water partition coefficient (Wildman–Crippen LogP) is 1.82. The zero-order valence-corrected chi connectivity index (χ0v) is 9.52. The van der Waals surface area contributed by atoms with Crippen LogP contribution in [0.2, 0.25) is 0 Å². The lowest BCUT2D eigenvalue weighted by Gasteiger charge is -2.09. The molecular formula is C13H18O3. The van der Waals surface area contributed by atoms with Gasteiger partial charge in [0.25, 0.3) is 0 Å². The third kappa shape index (κ3) is 2.54. The van der Waals surface area contributed by atoms with E-state index in [1.165, 1.54) is 5.56 Å². The number of fused-ring (bicyclic) bond motifs is 1. The maximum absolute atomic E-state index is 9.65. The Morgan fingerprint density at radius 1 is 1.50 bits per heavy atom. The quantitative estimate of drug-likeness (QED) is 0.817. The molecule has 2 atom stereocenters. The molecule has 0 radical (unpaired) electrons. The van der Waals surface area contributed by atoms with Crippen molar-refractivity contribution in [3.05, 3.63) is 29.3 Å². The zero-order chi connectivity index (χ0) is 11.5. The van der Waals surface area contributed by atoms with Gasteiger partial charge in [-0.05, 0) is 43.0 Å². The van der Waals surface area contributed by atoms with E-state index in [9.17, 15) is 5.11 Å². The molecule has 1 aromatic rings. The Morgan fingerprint density at radius 3 is 3.06 bits per heavy atom. The van der Waals surface area contributed by atoms with Gasteiger partial charge in [-0.3, -0.25) is 0 Å². The van der Waals surface area contributed by atoms with Gasteiger partial charge in [-0.25, -0.2) is 0 Å². The van der Waals surface area contributed by atoms with Crippen molar-refractivity contribution >= 4 is 0 Å². The van der Waals surface area contributed by atoms with Gasteiger partial charge in [0.1, 0.15) is 5.75 Å². The van der Waals surface area contributed by atoms with Crippen molar-refractivity contribution in [2.45, 2.75) is 38.4 Å². The van der Waals surface area contributed by atoms with Crippen molar-refractivity contribution in [3.8, 4) is 5.75 Å². The van der Waals surface area contributed by atoms with Crippen molar-refractivity contribution < 1.29 is 14.9 Å². The molecule has 0 amide bonds. The Hall–Kier alpha value is -1.06. The van der Waals surface area contributed by atoms with E-state index in [1.807, 2.05) is 18.2 Å². The van der Waals surface area contributed by atoms with E-state index in [-0.39, 0.29) is 12.2 Å². The molecular weight excluding hydrogens is 204 g/mol. The standard InChI is InChI=1S/C13H18O3/c1-9(14)6-7-16-11-3-4-12-10(8-11)2-5-13(12)15/h3-4,8-9,13-15H,2,5-7H2,1H3. The predicted molar refractivity (Wildman–Crippen MR) is 61.5 cm³/mol. The first-order valence-electron chi connectivity index (χ1n) is 5.78. The number of hydrogen-bond donors (Lipinski definition) is 2. The molecule has 1 aliphatic carbocycles. The summed E-state index contributed by atoms with van der Waals surface area (Å²) in [6.07, 6.45) is 1.74. The molecule has 3 heteroatoms. The molecule has 1 aromatic carbocycles. The molecule has 1 aliphatic rings. The van der Waals surface area contributed by atoms with Gasteiger partial charge >= 0.3 is 0 Å². The van der Waals surface area contributed by atoms with Crippen molar-refractivity contribution in [2.24, 2.45) is 0 Å². The first kappa shape index (κ1) is 11.4. The summed E-state index contributed by atoms with van der Waals surface area (Å²) in [7, 11) is 0. The summed E-state index contributed by atoms with van der Waals surface area (Å²) in [5.74, 6) is 0.827. The first-order valence-corrected chi connectivity index (χ1v) is 5.78. The Kier molecular flexibility index (Phi) is 3.46. The fourth-order valence-electron chi connectivity index (χ4n) is 2.01. The second-order valence-electron chi connectivity index (χ2n) is 4.40. The highest BCUT2D eigenvalue weighted by Crippen LogP contribution is 2.33. The van der Waals surface area contributed by atoms with Crippen molar-refractivity contribution in [1.82, 2.24) is 0 Å². The molecule has 0 bridgehead atoms. The Balaban J connectivity index is 1.97. The normalized spacial score (nSPS) is 20.6. The third-order valence-electron chi connectivity index (χ3n) is 2.96. The average Bonchev–Trinajstić information content (AvgIpc) is 2.60. The van der Waals surface area contributed by atoms with Crippen molar-refractivity contribution in [2.75, 3.05) is 6.61 Å². The van der Waals surface area contributed by atoms with Crippen LogP contribution in [0.3, 0.4) is 0 Å². The average molecular weight is 222 g/mol. The second kappa shape index (κ2) is 4.85. The summed E-state index contributed by atoms with van der Waals surface area (Å²) in [6, 6.07) is 5.81. The Morgan fingerprint density at radius 2 is 2.31 bits per heavy atom. The largest absolute Gasteiger partial charge is 0.493 e. The van der Waals surface area contributed by atoms with Gasteiger partial charge in [-0.2, -0.15) is 0 Å². The van der Waals surface area contributed by atoms with Crippen molar-refractivity contribution in [3.63, 3.8) is 0 Å². The van der Waals surface area contributed by atoms with E-state index in [4.69, 9.17) is 9.84 Å². The molecule has 0 spiro atoms. The summed E-state index contributed by atoms with van der Waals surface area (Å²) in [5.41, 5.74) is 2.21. The lowest BCUT2D eigenvalue weighted by atomic mass is 10.1. The van der Waals surface area contributed by atoms with E-state index >= 15 is 0 Å². The van der Waals surface area contributed by atoms with Gasteiger partial charge in [0.05, 0.1) is 18.8 Å². The SMILES string of the molecule is CC(O)CCOc1ccc2c(c1)CCC2O. The molecule has 88 valence electrons. The first-order chi connectivity index (χ1) is 7.66. The number of aryl methyl sites for hydroxylation is 1. The zero-order valence-electron chi connectivity index (χ0n) is 9.52. The molecule has 2 unspecified atom stereocenters. The lowest BCUT2D eigenvalue weighted by molar-refractivity contribution is 0.155. The molecule has 0 fully saturated rings. The molecule has 3 nitrogen and oxygen atoms in total. The number of aliphatic hydroxyl groups is 2. The number of rotatable bonds is 4.